The first-order valence-corrected chi connectivity index (χ1v) is 11.4. The fraction of sp³-hybridized carbons (Fsp3) is 0.154. The van der Waals surface area contributed by atoms with Crippen LogP contribution in [0.15, 0.2) is 66.2 Å². The van der Waals surface area contributed by atoms with Gasteiger partial charge in [-0.05, 0) is 72.5 Å². The summed E-state index contributed by atoms with van der Waals surface area (Å²) >= 11 is 12.2. The van der Waals surface area contributed by atoms with E-state index in [1.807, 2.05) is 0 Å². The molecule has 3 aromatic carbocycles. The number of amides is 1. The van der Waals surface area contributed by atoms with E-state index in [1.165, 1.54) is 29.2 Å². The van der Waals surface area contributed by atoms with E-state index in [1.54, 1.807) is 36.4 Å². The van der Waals surface area contributed by atoms with Gasteiger partial charge < -0.3 is 14.9 Å². The number of carbonyl (C=O) groups is 2. The number of aliphatic hydroxyl groups is 1. The van der Waals surface area contributed by atoms with Gasteiger partial charge in [-0.2, -0.15) is 0 Å². The van der Waals surface area contributed by atoms with Gasteiger partial charge in [-0.1, -0.05) is 35.3 Å². The minimum absolute atomic E-state index is 0.0323. The molecule has 8 heteroatoms. The number of hydrogen-bond acceptors (Lipinski definition) is 5. The van der Waals surface area contributed by atoms with E-state index in [-0.39, 0.29) is 22.1 Å². The highest BCUT2D eigenvalue weighted by Gasteiger charge is 2.47. The highest BCUT2D eigenvalue weighted by molar-refractivity contribution is 6.52. The predicted octanol–water partition coefficient (Wildman–Crippen LogP) is 5.65. The maximum Gasteiger partial charge on any atom is 0.300 e. The third-order valence-electron chi connectivity index (χ3n) is 6.02. The van der Waals surface area contributed by atoms with Crippen molar-refractivity contribution in [1.29, 1.82) is 0 Å². The molecule has 6 nitrogen and oxygen atoms in total. The summed E-state index contributed by atoms with van der Waals surface area (Å²) in [7, 11) is 0. The molecule has 2 heterocycles. The smallest absolute Gasteiger partial charge is 0.300 e. The number of fused-ring (bicyclic) bond motifs is 1. The number of aryl methyl sites for hydroxylation is 1. The molecule has 2 aliphatic rings. The number of phenols is 1. The Morgan fingerprint density at radius 1 is 0.971 bits per heavy atom. The number of nitrogens with zero attached hydrogens (tertiary/aromatic N) is 1. The minimum atomic E-state index is -0.940. The molecule has 0 spiro atoms. The Hall–Kier alpha value is -3.48. The lowest BCUT2D eigenvalue weighted by atomic mass is 9.94. The van der Waals surface area contributed by atoms with Crippen molar-refractivity contribution in [2.24, 2.45) is 0 Å². The maximum atomic E-state index is 13.3. The number of ether oxygens (including phenoxy) is 1. The highest BCUT2D eigenvalue weighted by Crippen LogP contribution is 2.44. The Balaban J connectivity index is 1.70. The average molecular weight is 496 g/mol. The second-order valence-corrected chi connectivity index (χ2v) is 8.95. The summed E-state index contributed by atoms with van der Waals surface area (Å²) in [6.07, 6.45) is 1.64. The van der Waals surface area contributed by atoms with Gasteiger partial charge in [-0.3, -0.25) is 14.5 Å². The molecule has 0 saturated carbocycles. The number of hydrogen-bond donors (Lipinski definition) is 2. The number of anilines is 1. The van der Waals surface area contributed by atoms with Crippen LogP contribution in [0.4, 0.5) is 5.69 Å². The van der Waals surface area contributed by atoms with Crippen molar-refractivity contribution < 1.29 is 24.5 Å². The van der Waals surface area contributed by atoms with Crippen LogP contribution in [0, 0.1) is 0 Å². The van der Waals surface area contributed by atoms with E-state index < -0.39 is 17.7 Å². The Bertz CT molecular complexity index is 1350. The Morgan fingerprint density at radius 3 is 2.47 bits per heavy atom. The van der Waals surface area contributed by atoms with Crippen LogP contribution in [0.5, 0.6) is 11.5 Å². The van der Waals surface area contributed by atoms with E-state index >= 15 is 0 Å². The summed E-state index contributed by atoms with van der Waals surface area (Å²) in [5.74, 6) is -1.14. The van der Waals surface area contributed by atoms with Crippen molar-refractivity contribution in [3.05, 3.63) is 93.0 Å². The molecule has 5 rings (SSSR count). The van der Waals surface area contributed by atoms with E-state index in [9.17, 15) is 19.8 Å². The monoisotopic (exact) mass is 495 g/mol. The Morgan fingerprint density at radius 2 is 1.74 bits per heavy atom. The van der Waals surface area contributed by atoms with Gasteiger partial charge in [0, 0.05) is 11.3 Å². The third-order valence-corrected chi connectivity index (χ3v) is 6.76. The van der Waals surface area contributed by atoms with E-state index in [2.05, 4.69) is 0 Å². The molecule has 172 valence electrons. The topological polar surface area (TPSA) is 87.1 Å². The molecule has 1 unspecified atom stereocenters. The molecule has 0 aromatic heterocycles. The Kier molecular flexibility index (Phi) is 5.71. The summed E-state index contributed by atoms with van der Waals surface area (Å²) in [4.78, 5) is 27.8. The number of rotatable bonds is 3. The summed E-state index contributed by atoms with van der Waals surface area (Å²) in [6.45, 7) is 0.633. The molecule has 0 radical (unpaired) electrons. The van der Waals surface area contributed by atoms with Gasteiger partial charge in [0.05, 0.1) is 28.3 Å². The Labute approximate surface area is 205 Å². The summed E-state index contributed by atoms with van der Waals surface area (Å²) in [6, 6.07) is 15.0. The van der Waals surface area contributed by atoms with Crippen molar-refractivity contribution in [2.45, 2.75) is 18.9 Å². The van der Waals surface area contributed by atoms with E-state index in [0.717, 1.165) is 24.2 Å². The van der Waals surface area contributed by atoms with Gasteiger partial charge >= 0.3 is 0 Å². The van der Waals surface area contributed by atoms with Crippen LogP contribution >= 0.6 is 23.2 Å². The van der Waals surface area contributed by atoms with Crippen molar-refractivity contribution in [1.82, 2.24) is 0 Å². The molecule has 2 N–H and O–H groups in total. The van der Waals surface area contributed by atoms with Gasteiger partial charge in [0.15, 0.2) is 0 Å². The lowest BCUT2D eigenvalue weighted by Gasteiger charge is -2.26. The maximum absolute atomic E-state index is 13.3. The van der Waals surface area contributed by atoms with Gasteiger partial charge in [0.2, 0.25) is 0 Å². The lowest BCUT2D eigenvalue weighted by Crippen LogP contribution is -2.29. The SMILES string of the molecule is O=C1C(=O)N(c2ccc(Cl)c(Cl)c2)C(c2ccc(O)cc2)/C1=C(/O)c1ccc2c(c1)CCCO2. The second kappa shape index (κ2) is 8.70. The first-order chi connectivity index (χ1) is 16.3. The van der Waals surface area contributed by atoms with E-state index in [0.29, 0.717) is 28.4 Å². The number of halogens is 2. The predicted molar refractivity (Wildman–Crippen MR) is 130 cm³/mol. The summed E-state index contributed by atoms with van der Waals surface area (Å²) < 4.78 is 5.65. The van der Waals surface area contributed by atoms with Crippen molar-refractivity contribution in [2.75, 3.05) is 11.5 Å². The fourth-order valence-corrected chi connectivity index (χ4v) is 4.66. The summed E-state index contributed by atoms with van der Waals surface area (Å²) in [5.41, 5.74) is 2.17. The van der Waals surface area contributed by atoms with Crippen molar-refractivity contribution in [3.8, 4) is 11.5 Å². The van der Waals surface area contributed by atoms with Crippen molar-refractivity contribution >= 4 is 46.3 Å². The number of aliphatic hydroxyl groups excluding tert-OH is 1. The number of aromatic hydroxyl groups is 1. The molecule has 34 heavy (non-hydrogen) atoms. The molecule has 0 bridgehead atoms. The van der Waals surface area contributed by atoms with Gasteiger partial charge in [-0.15, -0.1) is 0 Å². The number of ketones is 1. The molecule has 1 atom stereocenters. The molecule has 2 aliphatic heterocycles. The fourth-order valence-electron chi connectivity index (χ4n) is 4.37. The van der Waals surface area contributed by atoms with Crippen LogP contribution in [0.1, 0.15) is 29.2 Å². The number of benzene rings is 3. The normalized spacial score (nSPS) is 19.1. The first-order valence-electron chi connectivity index (χ1n) is 10.7. The third kappa shape index (κ3) is 3.79. The minimum Gasteiger partial charge on any atom is -0.508 e. The molecule has 1 amide bonds. The molecule has 1 saturated heterocycles. The van der Waals surface area contributed by atoms with Crippen molar-refractivity contribution in [3.63, 3.8) is 0 Å². The van der Waals surface area contributed by atoms with Crippen LogP contribution in [0.3, 0.4) is 0 Å². The second-order valence-electron chi connectivity index (χ2n) is 8.13. The van der Waals surface area contributed by atoms with Crippen LogP contribution < -0.4 is 9.64 Å². The average Bonchev–Trinajstić information content (AvgIpc) is 3.11. The zero-order chi connectivity index (χ0) is 24.0. The van der Waals surface area contributed by atoms with E-state index in [4.69, 9.17) is 27.9 Å². The van der Waals surface area contributed by atoms with Crippen LogP contribution in [0.25, 0.3) is 5.76 Å². The standard InChI is InChI=1S/C26H19Cl2NO5/c27-19-9-6-17(13-20(19)28)29-23(14-3-7-18(30)8-4-14)22(25(32)26(29)33)24(31)16-5-10-21-15(12-16)2-1-11-34-21/h3-10,12-13,23,30-31H,1-2,11H2/b24-22-. The van der Waals surface area contributed by atoms with Crippen LogP contribution in [0.2, 0.25) is 10.0 Å². The van der Waals surface area contributed by atoms with Crippen LogP contribution in [-0.4, -0.2) is 28.5 Å². The lowest BCUT2D eigenvalue weighted by molar-refractivity contribution is -0.132. The first kappa shape index (κ1) is 22.3. The summed E-state index contributed by atoms with van der Waals surface area (Å²) in [5, 5.41) is 21.6. The molecular formula is C26H19Cl2NO5. The molecule has 0 aliphatic carbocycles. The number of carbonyl (C=O) groups excluding carboxylic acids is 2. The quantitative estimate of drug-likeness (QED) is 0.278. The van der Waals surface area contributed by atoms with Gasteiger partial charge in [-0.25, -0.2) is 0 Å². The van der Waals surface area contributed by atoms with Gasteiger partial charge in [0.1, 0.15) is 17.3 Å². The molecule has 1 fully saturated rings. The molecular weight excluding hydrogens is 477 g/mol. The largest absolute Gasteiger partial charge is 0.508 e. The van der Waals surface area contributed by atoms with Gasteiger partial charge in [0.25, 0.3) is 11.7 Å². The highest BCUT2D eigenvalue weighted by atomic mass is 35.5. The molecule has 3 aromatic rings. The zero-order valence-corrected chi connectivity index (χ0v) is 19.3. The number of phenolic OH excluding ortho intramolecular Hbond substituents is 1. The zero-order valence-electron chi connectivity index (χ0n) is 17.8. The number of Topliss-reactive ketones (excluding diaryl/α,β-unsaturated/α-hetero) is 1. The van der Waals surface area contributed by atoms with Crippen LogP contribution in [-0.2, 0) is 16.0 Å².